The molecule has 0 aliphatic heterocycles. The van der Waals surface area contributed by atoms with E-state index < -0.39 is 0 Å². The molecule has 0 bridgehead atoms. The van der Waals surface area contributed by atoms with Crippen molar-refractivity contribution in [3.63, 3.8) is 0 Å². The zero-order valence-electron chi connectivity index (χ0n) is 21.3. The fourth-order valence-electron chi connectivity index (χ4n) is 4.21. The van der Waals surface area contributed by atoms with Crippen LogP contribution < -0.4 is 0 Å². The van der Waals surface area contributed by atoms with Gasteiger partial charge in [0, 0.05) is 23.0 Å². The summed E-state index contributed by atoms with van der Waals surface area (Å²) in [6, 6.07) is 0. The highest BCUT2D eigenvalue weighted by molar-refractivity contribution is 6.04. The van der Waals surface area contributed by atoms with Crippen LogP contribution in [0.25, 0.3) is 0 Å². The third kappa shape index (κ3) is 4.95. The Labute approximate surface area is 184 Å². The number of allylic oxidation sites excluding steroid dienone is 8. The van der Waals surface area contributed by atoms with E-state index in [-0.39, 0.29) is 45.1 Å². The van der Waals surface area contributed by atoms with Crippen molar-refractivity contribution in [1.29, 1.82) is 0 Å². The Balaban J connectivity index is 2.76. The molecule has 2 aliphatic rings. The molecule has 2 nitrogen and oxygen atoms in total. The molecular formula is C28H42O2. The van der Waals surface area contributed by atoms with Gasteiger partial charge in [-0.3, -0.25) is 9.59 Å². The van der Waals surface area contributed by atoms with Gasteiger partial charge in [0.25, 0.3) is 0 Å². The molecule has 2 rings (SSSR count). The molecule has 0 saturated heterocycles. The van der Waals surface area contributed by atoms with Gasteiger partial charge in [0.1, 0.15) is 0 Å². The molecule has 30 heavy (non-hydrogen) atoms. The van der Waals surface area contributed by atoms with E-state index in [1.807, 2.05) is 0 Å². The highest BCUT2D eigenvalue weighted by Crippen LogP contribution is 2.45. The molecule has 0 aromatic carbocycles. The summed E-state index contributed by atoms with van der Waals surface area (Å²) in [5.74, 6) is 0.0897. The number of ketones is 2. The maximum absolute atomic E-state index is 13.3. The monoisotopic (exact) mass is 410 g/mol. The molecule has 0 aromatic rings. The average molecular weight is 411 g/mol. The van der Waals surface area contributed by atoms with Gasteiger partial charge in [-0.2, -0.15) is 0 Å². The molecule has 0 fully saturated rings. The first-order valence-corrected chi connectivity index (χ1v) is 11.2. The minimum Gasteiger partial charge on any atom is -0.294 e. The van der Waals surface area contributed by atoms with Crippen molar-refractivity contribution in [3.8, 4) is 0 Å². The standard InChI is InChI=1S/C28H42O2/c1-25(2,3)19-13-17(14-20(23(19)29)26(4,5)6)18-15-21(27(7,8)9)24(30)22(16-18)28(10,11)12/h13-16,19,21H,1-12H3. The number of hydrogen-bond donors (Lipinski definition) is 0. The van der Waals surface area contributed by atoms with Gasteiger partial charge in [-0.25, -0.2) is 0 Å². The molecular weight excluding hydrogens is 368 g/mol. The fraction of sp³-hybridized carbons (Fsp3) is 0.643. The topological polar surface area (TPSA) is 34.1 Å². The second kappa shape index (κ2) is 7.46. The summed E-state index contributed by atoms with van der Waals surface area (Å²) in [6.45, 7) is 25.4. The largest absolute Gasteiger partial charge is 0.294 e. The van der Waals surface area contributed by atoms with E-state index in [2.05, 4.69) is 107 Å². The summed E-state index contributed by atoms with van der Waals surface area (Å²) < 4.78 is 0. The van der Waals surface area contributed by atoms with Crippen LogP contribution >= 0.6 is 0 Å². The van der Waals surface area contributed by atoms with Crippen molar-refractivity contribution in [1.82, 2.24) is 0 Å². The van der Waals surface area contributed by atoms with E-state index in [1.54, 1.807) is 0 Å². The van der Waals surface area contributed by atoms with Gasteiger partial charge in [0.2, 0.25) is 0 Å². The number of carbonyl (C=O) groups is 2. The van der Waals surface area contributed by atoms with E-state index >= 15 is 0 Å². The number of carbonyl (C=O) groups excluding carboxylic acids is 2. The minimum absolute atomic E-state index is 0.169. The highest BCUT2D eigenvalue weighted by atomic mass is 16.1. The van der Waals surface area contributed by atoms with Gasteiger partial charge in [-0.05, 0) is 45.0 Å². The van der Waals surface area contributed by atoms with Gasteiger partial charge < -0.3 is 0 Å². The van der Waals surface area contributed by atoms with Crippen LogP contribution in [-0.2, 0) is 9.59 Å². The smallest absolute Gasteiger partial charge is 0.166 e. The van der Waals surface area contributed by atoms with Crippen LogP contribution in [0.15, 0.2) is 46.6 Å². The average Bonchev–Trinajstić information content (AvgIpc) is 2.50. The van der Waals surface area contributed by atoms with E-state index in [1.165, 1.54) is 0 Å². The molecule has 0 radical (unpaired) electrons. The van der Waals surface area contributed by atoms with E-state index in [0.717, 1.165) is 22.3 Å². The number of Topliss-reactive ketones (excluding diaryl/α,β-unsaturated/α-hetero) is 2. The lowest BCUT2D eigenvalue weighted by atomic mass is 9.65. The maximum Gasteiger partial charge on any atom is 0.166 e. The Bertz CT molecular complexity index is 786. The Morgan fingerprint density at radius 2 is 0.800 bits per heavy atom. The van der Waals surface area contributed by atoms with Crippen LogP contribution in [0.4, 0.5) is 0 Å². The summed E-state index contributed by atoms with van der Waals surface area (Å²) in [5.41, 5.74) is 3.09. The Morgan fingerprint density at radius 3 is 1.00 bits per heavy atom. The highest BCUT2D eigenvalue weighted by Gasteiger charge is 2.41. The summed E-state index contributed by atoms with van der Waals surface area (Å²) >= 11 is 0. The lowest BCUT2D eigenvalue weighted by Crippen LogP contribution is -2.36. The van der Waals surface area contributed by atoms with Crippen LogP contribution in [0, 0.1) is 33.5 Å². The second-order valence-corrected chi connectivity index (χ2v) is 13.3. The Hall–Kier alpha value is -1.70. The van der Waals surface area contributed by atoms with Gasteiger partial charge >= 0.3 is 0 Å². The summed E-state index contributed by atoms with van der Waals surface area (Å²) in [4.78, 5) is 26.7. The van der Waals surface area contributed by atoms with Gasteiger partial charge in [0.05, 0.1) is 0 Å². The summed E-state index contributed by atoms with van der Waals surface area (Å²) in [7, 11) is 0. The van der Waals surface area contributed by atoms with Crippen molar-refractivity contribution in [2.45, 2.75) is 83.1 Å². The first-order valence-electron chi connectivity index (χ1n) is 11.2. The summed E-state index contributed by atoms with van der Waals surface area (Å²) in [6.07, 6.45) is 8.41. The molecule has 0 spiro atoms. The normalized spacial score (nSPS) is 24.3. The molecule has 0 saturated carbocycles. The number of hydrogen-bond acceptors (Lipinski definition) is 2. The molecule has 0 N–H and O–H groups in total. The Kier molecular flexibility index (Phi) is 6.11. The predicted octanol–water partition coefficient (Wildman–Crippen LogP) is 7.27. The maximum atomic E-state index is 13.3. The third-order valence-corrected chi connectivity index (χ3v) is 6.20. The molecule has 2 aliphatic carbocycles. The van der Waals surface area contributed by atoms with E-state index in [0.29, 0.717) is 0 Å². The van der Waals surface area contributed by atoms with Gasteiger partial charge in [-0.15, -0.1) is 0 Å². The fourth-order valence-corrected chi connectivity index (χ4v) is 4.21. The quantitative estimate of drug-likeness (QED) is 0.455. The zero-order valence-corrected chi connectivity index (χ0v) is 21.3. The van der Waals surface area contributed by atoms with Crippen molar-refractivity contribution < 1.29 is 9.59 Å². The van der Waals surface area contributed by atoms with Crippen molar-refractivity contribution in [2.75, 3.05) is 0 Å². The van der Waals surface area contributed by atoms with Crippen LogP contribution in [0.1, 0.15) is 83.1 Å². The minimum atomic E-state index is -0.231. The van der Waals surface area contributed by atoms with Crippen LogP contribution in [0.5, 0.6) is 0 Å². The molecule has 0 amide bonds. The van der Waals surface area contributed by atoms with Gasteiger partial charge in [0.15, 0.2) is 11.6 Å². The zero-order chi connectivity index (χ0) is 23.4. The van der Waals surface area contributed by atoms with Crippen LogP contribution in [0.2, 0.25) is 0 Å². The SMILES string of the molecule is CC(C)(C)C1=CC(C2=CC(C(C)(C)C)C(=O)C(C(C)(C)C)=C2)=CC(C(C)(C)C)C1=O. The van der Waals surface area contributed by atoms with Crippen molar-refractivity contribution in [3.05, 3.63) is 46.6 Å². The third-order valence-electron chi connectivity index (χ3n) is 6.20. The molecule has 2 heteroatoms. The second-order valence-electron chi connectivity index (χ2n) is 13.3. The Morgan fingerprint density at radius 1 is 0.533 bits per heavy atom. The molecule has 0 heterocycles. The van der Waals surface area contributed by atoms with Crippen molar-refractivity contribution in [2.24, 2.45) is 33.5 Å². The lowest BCUT2D eigenvalue weighted by molar-refractivity contribution is -0.122. The van der Waals surface area contributed by atoms with Crippen LogP contribution in [-0.4, -0.2) is 11.6 Å². The summed E-state index contributed by atoms with van der Waals surface area (Å²) in [5, 5.41) is 0. The molecule has 166 valence electrons. The molecule has 0 aromatic heterocycles. The van der Waals surface area contributed by atoms with Gasteiger partial charge in [-0.1, -0.05) is 95.2 Å². The van der Waals surface area contributed by atoms with E-state index in [4.69, 9.17) is 0 Å². The van der Waals surface area contributed by atoms with Crippen molar-refractivity contribution >= 4 is 11.6 Å². The first kappa shape index (κ1) is 24.6. The van der Waals surface area contributed by atoms with Crippen LogP contribution in [0.3, 0.4) is 0 Å². The van der Waals surface area contributed by atoms with E-state index in [9.17, 15) is 9.59 Å². The lowest BCUT2D eigenvalue weighted by Gasteiger charge is -2.38. The molecule has 2 atom stereocenters. The molecule has 2 unspecified atom stereocenters. The first-order chi connectivity index (χ1) is 13.2. The predicted molar refractivity (Wildman–Crippen MR) is 127 cm³/mol. The number of rotatable bonds is 1.